The number of hydrogen-bond acceptors (Lipinski definition) is 2. The summed E-state index contributed by atoms with van der Waals surface area (Å²) in [6, 6.07) is 4.36. The molecule has 0 saturated carbocycles. The summed E-state index contributed by atoms with van der Waals surface area (Å²) in [7, 11) is 0. The molecule has 0 aliphatic carbocycles. The maximum absolute atomic E-state index is 8.72. The smallest absolute Gasteiger partial charge is 0.0659 e. The standard InChI is InChI=1S/C11H16N2/c1-2-7-11(10-13)8-5-3-4-6-9-12/h3,5,11H,2,4,6-8H2,1H3. The Bertz CT molecular complexity index is 217. The first-order valence-corrected chi connectivity index (χ1v) is 4.76. The third-order valence-electron chi connectivity index (χ3n) is 1.83. The minimum Gasteiger partial charge on any atom is -0.198 e. The second kappa shape index (κ2) is 8.81. The van der Waals surface area contributed by atoms with Crippen LogP contribution in [0.15, 0.2) is 12.2 Å². The fourth-order valence-electron chi connectivity index (χ4n) is 1.11. The molecule has 0 amide bonds. The van der Waals surface area contributed by atoms with E-state index in [1.54, 1.807) is 0 Å². The van der Waals surface area contributed by atoms with Crippen molar-refractivity contribution in [1.82, 2.24) is 0 Å². The number of unbranched alkanes of at least 4 members (excludes halogenated alkanes) is 1. The van der Waals surface area contributed by atoms with Gasteiger partial charge in [0.05, 0.1) is 12.1 Å². The van der Waals surface area contributed by atoms with Gasteiger partial charge in [0, 0.05) is 12.3 Å². The van der Waals surface area contributed by atoms with Gasteiger partial charge >= 0.3 is 0 Å². The zero-order valence-corrected chi connectivity index (χ0v) is 8.16. The third-order valence-corrected chi connectivity index (χ3v) is 1.83. The van der Waals surface area contributed by atoms with Gasteiger partial charge in [-0.25, -0.2) is 0 Å². The second-order valence-corrected chi connectivity index (χ2v) is 3.02. The fourth-order valence-corrected chi connectivity index (χ4v) is 1.11. The molecule has 0 heterocycles. The quantitative estimate of drug-likeness (QED) is 0.461. The van der Waals surface area contributed by atoms with Gasteiger partial charge < -0.3 is 0 Å². The molecule has 0 aromatic rings. The van der Waals surface area contributed by atoms with Crippen LogP contribution in [0.3, 0.4) is 0 Å². The molecular formula is C11H16N2. The van der Waals surface area contributed by atoms with E-state index < -0.39 is 0 Å². The van der Waals surface area contributed by atoms with Crippen LogP contribution in [0, 0.1) is 28.6 Å². The zero-order chi connectivity index (χ0) is 9.94. The van der Waals surface area contributed by atoms with Crippen LogP contribution in [0.5, 0.6) is 0 Å². The molecule has 1 atom stereocenters. The molecule has 1 unspecified atom stereocenters. The van der Waals surface area contributed by atoms with E-state index in [9.17, 15) is 0 Å². The molecule has 0 aliphatic rings. The molecule has 70 valence electrons. The lowest BCUT2D eigenvalue weighted by Crippen LogP contribution is -1.93. The van der Waals surface area contributed by atoms with Crippen LogP contribution in [0.25, 0.3) is 0 Å². The van der Waals surface area contributed by atoms with Gasteiger partial charge in [0.2, 0.25) is 0 Å². The highest BCUT2D eigenvalue weighted by Gasteiger charge is 2.01. The van der Waals surface area contributed by atoms with Crippen molar-refractivity contribution in [2.45, 2.75) is 39.0 Å². The van der Waals surface area contributed by atoms with Gasteiger partial charge in [-0.15, -0.1) is 0 Å². The highest BCUT2D eigenvalue weighted by Crippen LogP contribution is 2.10. The van der Waals surface area contributed by atoms with Gasteiger partial charge in [0.25, 0.3) is 0 Å². The van der Waals surface area contributed by atoms with Gasteiger partial charge in [-0.3, -0.25) is 0 Å². The number of nitriles is 2. The summed E-state index contributed by atoms with van der Waals surface area (Å²) < 4.78 is 0. The first kappa shape index (κ1) is 11.7. The van der Waals surface area contributed by atoms with Gasteiger partial charge in [-0.05, 0) is 19.3 Å². The van der Waals surface area contributed by atoms with Crippen molar-refractivity contribution in [3.8, 4) is 12.1 Å². The minimum absolute atomic E-state index is 0.156. The van der Waals surface area contributed by atoms with Crippen LogP contribution in [0.2, 0.25) is 0 Å². The summed E-state index contributed by atoms with van der Waals surface area (Å²) >= 11 is 0. The van der Waals surface area contributed by atoms with E-state index in [-0.39, 0.29) is 5.92 Å². The van der Waals surface area contributed by atoms with E-state index in [1.807, 2.05) is 12.2 Å². The molecule has 0 N–H and O–H groups in total. The number of rotatable bonds is 6. The van der Waals surface area contributed by atoms with E-state index in [1.165, 1.54) is 0 Å². The van der Waals surface area contributed by atoms with Crippen LogP contribution >= 0.6 is 0 Å². The van der Waals surface area contributed by atoms with E-state index in [4.69, 9.17) is 10.5 Å². The number of nitrogens with zero attached hydrogens (tertiary/aromatic N) is 2. The van der Waals surface area contributed by atoms with Crippen molar-refractivity contribution < 1.29 is 0 Å². The lowest BCUT2D eigenvalue weighted by atomic mass is 10.0. The molecule has 0 rings (SSSR count). The topological polar surface area (TPSA) is 47.6 Å². The number of allylic oxidation sites excluding steroid dienone is 2. The van der Waals surface area contributed by atoms with Gasteiger partial charge in [-0.1, -0.05) is 25.5 Å². The van der Waals surface area contributed by atoms with Crippen LogP contribution in [-0.2, 0) is 0 Å². The molecule has 0 aromatic heterocycles. The van der Waals surface area contributed by atoms with Crippen molar-refractivity contribution >= 4 is 0 Å². The molecular weight excluding hydrogens is 160 g/mol. The Morgan fingerprint density at radius 2 is 2.08 bits per heavy atom. The first-order chi connectivity index (χ1) is 6.35. The molecule has 2 heteroatoms. The van der Waals surface area contributed by atoms with Crippen molar-refractivity contribution in [3.63, 3.8) is 0 Å². The van der Waals surface area contributed by atoms with E-state index in [0.717, 1.165) is 25.7 Å². The number of hydrogen-bond donors (Lipinski definition) is 0. The van der Waals surface area contributed by atoms with Crippen LogP contribution in [0.4, 0.5) is 0 Å². The van der Waals surface area contributed by atoms with E-state index in [0.29, 0.717) is 6.42 Å². The molecule has 0 spiro atoms. The molecule has 13 heavy (non-hydrogen) atoms. The third kappa shape index (κ3) is 7.09. The Labute approximate surface area is 80.5 Å². The zero-order valence-electron chi connectivity index (χ0n) is 8.16. The van der Waals surface area contributed by atoms with Crippen LogP contribution in [-0.4, -0.2) is 0 Å². The van der Waals surface area contributed by atoms with Gasteiger partial charge in [0.15, 0.2) is 0 Å². The molecule has 0 aromatic carbocycles. The second-order valence-electron chi connectivity index (χ2n) is 3.02. The lowest BCUT2D eigenvalue weighted by Gasteiger charge is -2.01. The maximum Gasteiger partial charge on any atom is 0.0659 e. The molecule has 0 aliphatic heterocycles. The fraction of sp³-hybridized carbons (Fsp3) is 0.636. The Morgan fingerprint density at radius 3 is 2.62 bits per heavy atom. The summed E-state index contributed by atoms with van der Waals surface area (Å²) in [5, 5.41) is 17.0. The van der Waals surface area contributed by atoms with Crippen LogP contribution in [0.1, 0.15) is 39.0 Å². The molecule has 2 nitrogen and oxygen atoms in total. The normalized spacial score (nSPS) is 12.2. The predicted molar refractivity (Wildman–Crippen MR) is 52.6 cm³/mol. The van der Waals surface area contributed by atoms with E-state index in [2.05, 4.69) is 19.1 Å². The monoisotopic (exact) mass is 176 g/mol. The Kier molecular flexibility index (Phi) is 7.95. The maximum atomic E-state index is 8.72. The highest BCUT2D eigenvalue weighted by atomic mass is 14.3. The van der Waals surface area contributed by atoms with Gasteiger partial charge in [-0.2, -0.15) is 10.5 Å². The summed E-state index contributed by atoms with van der Waals surface area (Å²) in [6.45, 7) is 2.09. The Morgan fingerprint density at radius 1 is 1.31 bits per heavy atom. The van der Waals surface area contributed by atoms with E-state index >= 15 is 0 Å². The summed E-state index contributed by atoms with van der Waals surface area (Å²) in [5.74, 6) is 0.156. The molecule has 0 radical (unpaired) electrons. The Balaban J connectivity index is 3.55. The summed E-state index contributed by atoms with van der Waals surface area (Å²) in [6.07, 6.45) is 8.24. The van der Waals surface area contributed by atoms with Crippen molar-refractivity contribution in [3.05, 3.63) is 12.2 Å². The summed E-state index contributed by atoms with van der Waals surface area (Å²) in [5.41, 5.74) is 0. The Hall–Kier alpha value is -1.28. The first-order valence-electron chi connectivity index (χ1n) is 4.76. The van der Waals surface area contributed by atoms with Crippen LogP contribution < -0.4 is 0 Å². The largest absolute Gasteiger partial charge is 0.198 e. The average Bonchev–Trinajstić information content (AvgIpc) is 2.16. The van der Waals surface area contributed by atoms with Crippen molar-refractivity contribution in [1.29, 1.82) is 10.5 Å². The average molecular weight is 176 g/mol. The minimum atomic E-state index is 0.156. The summed E-state index contributed by atoms with van der Waals surface area (Å²) in [4.78, 5) is 0. The predicted octanol–water partition coefficient (Wildman–Crippen LogP) is 3.18. The highest BCUT2D eigenvalue weighted by molar-refractivity contribution is 4.92. The SMILES string of the molecule is CCCC(C#N)CC=CCCC#N. The molecule has 0 saturated heterocycles. The molecule has 0 fully saturated rings. The van der Waals surface area contributed by atoms with Crippen molar-refractivity contribution in [2.24, 2.45) is 5.92 Å². The van der Waals surface area contributed by atoms with Gasteiger partial charge in [0.1, 0.15) is 0 Å². The van der Waals surface area contributed by atoms with Crippen molar-refractivity contribution in [2.75, 3.05) is 0 Å². The molecule has 0 bridgehead atoms. The lowest BCUT2D eigenvalue weighted by molar-refractivity contribution is 0.599.